The number of piperidine rings is 1. The first kappa shape index (κ1) is 19.6. The quantitative estimate of drug-likeness (QED) is 0.855. The van der Waals surface area contributed by atoms with Gasteiger partial charge in [0.1, 0.15) is 5.82 Å². The maximum atomic E-state index is 13.3. The summed E-state index contributed by atoms with van der Waals surface area (Å²) in [5, 5.41) is 2.77. The number of hydrogen-bond donors (Lipinski definition) is 1. The lowest BCUT2D eigenvalue weighted by atomic mass is 9.93. The van der Waals surface area contributed by atoms with Crippen molar-refractivity contribution in [3.63, 3.8) is 0 Å². The number of carbonyl (C=O) groups is 2. The molecule has 1 aromatic carbocycles. The van der Waals surface area contributed by atoms with Gasteiger partial charge >= 0.3 is 6.03 Å². The van der Waals surface area contributed by atoms with E-state index in [0.29, 0.717) is 31.1 Å². The van der Waals surface area contributed by atoms with Crippen LogP contribution in [-0.2, 0) is 4.79 Å². The third kappa shape index (κ3) is 5.94. The Kier molecular flexibility index (Phi) is 7.07. The second-order valence-corrected chi connectivity index (χ2v) is 7.73. The van der Waals surface area contributed by atoms with E-state index in [4.69, 9.17) is 0 Å². The molecule has 2 fully saturated rings. The number of anilines is 1. The molecule has 2 heterocycles. The van der Waals surface area contributed by atoms with E-state index in [1.807, 2.05) is 4.90 Å². The summed E-state index contributed by atoms with van der Waals surface area (Å²) in [5.74, 6) is 0.252. The molecule has 6 heteroatoms. The molecule has 148 valence electrons. The van der Waals surface area contributed by atoms with E-state index in [0.717, 1.165) is 45.2 Å². The molecule has 0 radical (unpaired) electrons. The van der Waals surface area contributed by atoms with Gasteiger partial charge in [-0.25, -0.2) is 9.18 Å². The van der Waals surface area contributed by atoms with Crippen LogP contribution < -0.4 is 5.32 Å². The van der Waals surface area contributed by atoms with Crippen molar-refractivity contribution in [1.82, 2.24) is 9.80 Å². The molecular weight excluding hydrogens is 345 g/mol. The van der Waals surface area contributed by atoms with Crippen molar-refractivity contribution in [3.05, 3.63) is 30.1 Å². The lowest BCUT2D eigenvalue weighted by Gasteiger charge is -2.33. The van der Waals surface area contributed by atoms with Gasteiger partial charge < -0.3 is 15.1 Å². The third-order valence-electron chi connectivity index (χ3n) is 5.61. The molecule has 1 atom stereocenters. The highest BCUT2D eigenvalue weighted by Gasteiger charge is 2.25. The predicted octanol–water partition coefficient (Wildman–Crippen LogP) is 4.25. The van der Waals surface area contributed by atoms with Gasteiger partial charge in [0.25, 0.3) is 0 Å². The molecule has 0 aliphatic carbocycles. The zero-order chi connectivity index (χ0) is 19.1. The zero-order valence-electron chi connectivity index (χ0n) is 16.0. The molecule has 2 aliphatic rings. The smallest absolute Gasteiger partial charge is 0.321 e. The molecular formula is C21H30FN3O2. The summed E-state index contributed by atoms with van der Waals surface area (Å²) in [6.45, 7) is 3.16. The number of nitrogens with one attached hydrogen (secondary N) is 1. The maximum Gasteiger partial charge on any atom is 0.321 e. The van der Waals surface area contributed by atoms with Crippen molar-refractivity contribution >= 4 is 17.6 Å². The molecule has 0 aromatic heterocycles. The van der Waals surface area contributed by atoms with Gasteiger partial charge in [-0.05, 0) is 56.2 Å². The van der Waals surface area contributed by atoms with Crippen LogP contribution in [0.2, 0.25) is 0 Å². The summed E-state index contributed by atoms with van der Waals surface area (Å²) in [7, 11) is 0. The number of rotatable bonds is 4. The van der Waals surface area contributed by atoms with Gasteiger partial charge in [-0.3, -0.25) is 4.79 Å². The molecule has 5 nitrogen and oxygen atoms in total. The highest BCUT2D eigenvalue weighted by atomic mass is 19.1. The minimum absolute atomic E-state index is 0.191. The van der Waals surface area contributed by atoms with Gasteiger partial charge in [0.05, 0.1) is 0 Å². The second kappa shape index (κ2) is 9.72. The summed E-state index contributed by atoms with van der Waals surface area (Å²) in [6, 6.07) is 5.75. The van der Waals surface area contributed by atoms with Gasteiger partial charge in [0, 0.05) is 38.3 Å². The number of halogens is 1. The fourth-order valence-electron chi connectivity index (χ4n) is 4.06. The summed E-state index contributed by atoms with van der Waals surface area (Å²) < 4.78 is 13.3. The molecule has 2 aliphatic heterocycles. The Morgan fingerprint density at radius 3 is 2.52 bits per heavy atom. The van der Waals surface area contributed by atoms with Crippen molar-refractivity contribution in [2.24, 2.45) is 5.92 Å². The first-order chi connectivity index (χ1) is 13.1. The van der Waals surface area contributed by atoms with E-state index < -0.39 is 0 Å². The third-order valence-corrected chi connectivity index (χ3v) is 5.61. The van der Waals surface area contributed by atoms with E-state index in [-0.39, 0.29) is 17.8 Å². The van der Waals surface area contributed by atoms with Crippen molar-refractivity contribution in [3.8, 4) is 0 Å². The number of benzene rings is 1. The van der Waals surface area contributed by atoms with Crippen molar-refractivity contribution in [1.29, 1.82) is 0 Å². The largest absolute Gasteiger partial charge is 0.343 e. The molecule has 1 N–H and O–H groups in total. The van der Waals surface area contributed by atoms with Gasteiger partial charge in [0.2, 0.25) is 5.91 Å². The first-order valence-electron chi connectivity index (χ1n) is 10.2. The van der Waals surface area contributed by atoms with Crippen LogP contribution in [0, 0.1) is 11.7 Å². The maximum absolute atomic E-state index is 13.3. The molecule has 27 heavy (non-hydrogen) atoms. The zero-order valence-corrected chi connectivity index (χ0v) is 16.0. The topological polar surface area (TPSA) is 52.7 Å². The predicted molar refractivity (Wildman–Crippen MR) is 104 cm³/mol. The Labute approximate surface area is 160 Å². The second-order valence-electron chi connectivity index (χ2n) is 7.73. The minimum atomic E-state index is -0.364. The summed E-state index contributed by atoms with van der Waals surface area (Å²) >= 11 is 0. The van der Waals surface area contributed by atoms with Crippen LogP contribution in [0.25, 0.3) is 0 Å². The molecule has 2 saturated heterocycles. The van der Waals surface area contributed by atoms with Crippen LogP contribution in [0.5, 0.6) is 0 Å². The van der Waals surface area contributed by atoms with E-state index in [1.54, 1.807) is 17.0 Å². The summed E-state index contributed by atoms with van der Waals surface area (Å²) in [5.41, 5.74) is 0.471. The average molecular weight is 375 g/mol. The monoisotopic (exact) mass is 375 g/mol. The molecule has 1 aromatic rings. The van der Waals surface area contributed by atoms with Crippen molar-refractivity contribution in [2.75, 3.05) is 31.5 Å². The van der Waals surface area contributed by atoms with E-state index in [9.17, 15) is 14.0 Å². The number of amides is 3. The number of hydrogen-bond acceptors (Lipinski definition) is 2. The Balaban J connectivity index is 1.45. The van der Waals surface area contributed by atoms with E-state index in [1.165, 1.54) is 25.0 Å². The SMILES string of the molecule is O=C(CC[C@@H]1CCCN(C(=O)Nc2cccc(F)c2)C1)N1CCCCCC1. The van der Waals surface area contributed by atoms with Crippen LogP contribution in [0.3, 0.4) is 0 Å². The molecule has 0 saturated carbocycles. The lowest BCUT2D eigenvalue weighted by Crippen LogP contribution is -2.42. The van der Waals surface area contributed by atoms with Gasteiger partial charge in [0.15, 0.2) is 0 Å². The van der Waals surface area contributed by atoms with E-state index in [2.05, 4.69) is 5.32 Å². The number of nitrogens with zero attached hydrogens (tertiary/aromatic N) is 2. The Bertz CT molecular complexity index is 644. The molecule has 0 spiro atoms. The van der Waals surface area contributed by atoms with Crippen LogP contribution in [0.15, 0.2) is 24.3 Å². The fraction of sp³-hybridized carbons (Fsp3) is 0.619. The minimum Gasteiger partial charge on any atom is -0.343 e. The summed E-state index contributed by atoms with van der Waals surface area (Å²) in [4.78, 5) is 28.8. The Hall–Kier alpha value is -2.11. The van der Waals surface area contributed by atoms with Gasteiger partial charge in [-0.2, -0.15) is 0 Å². The molecule has 3 rings (SSSR count). The van der Waals surface area contributed by atoms with Gasteiger partial charge in [-0.15, -0.1) is 0 Å². The Morgan fingerprint density at radius 2 is 1.78 bits per heavy atom. The van der Waals surface area contributed by atoms with Crippen molar-refractivity contribution in [2.45, 2.75) is 51.4 Å². The molecule has 0 unspecified atom stereocenters. The van der Waals surface area contributed by atoms with Crippen LogP contribution in [0.1, 0.15) is 51.4 Å². The summed E-state index contributed by atoms with van der Waals surface area (Å²) in [6.07, 6.45) is 8.08. The van der Waals surface area contributed by atoms with Crippen LogP contribution in [0.4, 0.5) is 14.9 Å². The first-order valence-corrected chi connectivity index (χ1v) is 10.2. The molecule has 0 bridgehead atoms. The van der Waals surface area contributed by atoms with Gasteiger partial charge in [-0.1, -0.05) is 18.9 Å². The van der Waals surface area contributed by atoms with Crippen molar-refractivity contribution < 1.29 is 14.0 Å². The fourth-order valence-corrected chi connectivity index (χ4v) is 4.06. The standard InChI is InChI=1S/C21H30FN3O2/c22-18-8-5-9-19(15-18)23-21(27)25-14-6-7-17(16-25)10-11-20(26)24-12-3-1-2-4-13-24/h5,8-9,15,17H,1-4,6-7,10-14,16H2,(H,23,27)/t17-/m0/s1. The number of urea groups is 1. The van der Waals surface area contributed by atoms with Crippen LogP contribution in [-0.4, -0.2) is 47.9 Å². The molecule has 3 amide bonds. The average Bonchev–Trinajstić information content (AvgIpc) is 2.96. The number of likely N-dealkylation sites (tertiary alicyclic amines) is 2. The van der Waals surface area contributed by atoms with Crippen LogP contribution >= 0.6 is 0 Å². The lowest BCUT2D eigenvalue weighted by molar-refractivity contribution is -0.131. The number of carbonyl (C=O) groups excluding carboxylic acids is 2. The highest BCUT2D eigenvalue weighted by molar-refractivity contribution is 5.89. The van der Waals surface area contributed by atoms with E-state index >= 15 is 0 Å². The highest BCUT2D eigenvalue weighted by Crippen LogP contribution is 2.23. The normalized spacial score (nSPS) is 20.9. The Morgan fingerprint density at radius 1 is 1.04 bits per heavy atom.